The standard InChI is InChI=1S/C14H6F9NO2S/c15-9-1-2-10(12(17)11(9)16)24-27(25,26)8-4-6(13(18,19)20)3-7(5-8)14(21,22)23/h1-5,24H. The van der Waals surface area contributed by atoms with Crippen LogP contribution >= 0.6 is 0 Å². The second kappa shape index (κ2) is 6.62. The lowest BCUT2D eigenvalue weighted by Crippen LogP contribution is -2.18. The van der Waals surface area contributed by atoms with Crippen molar-refractivity contribution >= 4 is 15.7 Å². The molecule has 3 nitrogen and oxygen atoms in total. The van der Waals surface area contributed by atoms with E-state index in [0.717, 1.165) is 0 Å². The van der Waals surface area contributed by atoms with E-state index in [1.54, 1.807) is 0 Å². The summed E-state index contributed by atoms with van der Waals surface area (Å²) in [4.78, 5) is -1.51. The Morgan fingerprint density at radius 2 is 1.22 bits per heavy atom. The van der Waals surface area contributed by atoms with Crippen molar-refractivity contribution in [2.24, 2.45) is 0 Å². The second-order valence-corrected chi connectivity index (χ2v) is 6.75. The van der Waals surface area contributed by atoms with E-state index in [2.05, 4.69) is 0 Å². The Morgan fingerprint density at radius 3 is 1.67 bits per heavy atom. The van der Waals surface area contributed by atoms with Crippen molar-refractivity contribution in [3.05, 3.63) is 58.9 Å². The molecule has 0 aliphatic carbocycles. The van der Waals surface area contributed by atoms with Crippen molar-refractivity contribution in [3.8, 4) is 0 Å². The minimum atomic E-state index is -5.32. The van der Waals surface area contributed by atoms with Crippen molar-refractivity contribution in [2.45, 2.75) is 17.2 Å². The summed E-state index contributed by atoms with van der Waals surface area (Å²) in [6.45, 7) is 0. The fourth-order valence-corrected chi connectivity index (χ4v) is 3.02. The summed E-state index contributed by atoms with van der Waals surface area (Å²) in [5.74, 6) is -5.80. The molecule has 0 saturated carbocycles. The van der Waals surface area contributed by atoms with E-state index in [4.69, 9.17) is 0 Å². The predicted octanol–water partition coefficient (Wildman–Crippen LogP) is 4.94. The lowest BCUT2D eigenvalue weighted by atomic mass is 10.1. The minimum absolute atomic E-state index is 0.116. The van der Waals surface area contributed by atoms with E-state index in [-0.39, 0.29) is 18.2 Å². The van der Waals surface area contributed by atoms with E-state index in [9.17, 15) is 47.9 Å². The van der Waals surface area contributed by atoms with Crippen LogP contribution in [-0.2, 0) is 22.4 Å². The molecule has 27 heavy (non-hydrogen) atoms. The number of rotatable bonds is 3. The molecule has 2 rings (SSSR count). The maximum atomic E-state index is 13.5. The fraction of sp³-hybridized carbons (Fsp3) is 0.143. The third kappa shape index (κ3) is 4.46. The van der Waals surface area contributed by atoms with Gasteiger partial charge in [-0.1, -0.05) is 0 Å². The molecule has 0 fully saturated rings. The monoisotopic (exact) mass is 423 g/mol. The molecule has 13 heteroatoms. The topological polar surface area (TPSA) is 46.2 Å². The molecule has 2 aromatic carbocycles. The second-order valence-electron chi connectivity index (χ2n) is 5.07. The highest BCUT2D eigenvalue weighted by molar-refractivity contribution is 7.92. The van der Waals surface area contributed by atoms with Gasteiger partial charge in [-0.05, 0) is 30.3 Å². The Labute approximate surface area is 145 Å². The van der Waals surface area contributed by atoms with Crippen LogP contribution in [0.4, 0.5) is 45.2 Å². The van der Waals surface area contributed by atoms with E-state index >= 15 is 0 Å². The van der Waals surface area contributed by atoms with Crippen LogP contribution in [0.2, 0.25) is 0 Å². The van der Waals surface area contributed by atoms with E-state index in [1.807, 2.05) is 0 Å². The highest BCUT2D eigenvalue weighted by atomic mass is 32.2. The number of halogens is 9. The number of anilines is 1. The summed E-state index contributed by atoms with van der Waals surface area (Å²) in [6.07, 6.45) is -10.6. The Kier molecular flexibility index (Phi) is 5.12. The van der Waals surface area contributed by atoms with Crippen LogP contribution < -0.4 is 4.72 Å². The summed E-state index contributed by atoms with van der Waals surface area (Å²) < 4.78 is 142. The SMILES string of the molecule is O=S(=O)(Nc1ccc(F)c(F)c1F)c1cc(C(F)(F)F)cc(C(F)(F)F)c1. The zero-order valence-corrected chi connectivity index (χ0v) is 13.3. The van der Waals surface area contributed by atoms with Gasteiger partial charge in [-0.25, -0.2) is 21.6 Å². The smallest absolute Gasteiger partial charge is 0.277 e. The first-order valence-electron chi connectivity index (χ1n) is 6.59. The van der Waals surface area contributed by atoms with E-state index < -0.39 is 61.5 Å². The summed E-state index contributed by atoms with van der Waals surface area (Å²) >= 11 is 0. The van der Waals surface area contributed by atoms with Gasteiger partial charge in [0.05, 0.1) is 21.7 Å². The molecule has 0 aromatic heterocycles. The lowest BCUT2D eigenvalue weighted by Gasteiger charge is -2.15. The fourth-order valence-electron chi connectivity index (χ4n) is 1.89. The lowest BCUT2D eigenvalue weighted by molar-refractivity contribution is -0.143. The first-order valence-corrected chi connectivity index (χ1v) is 8.07. The van der Waals surface area contributed by atoms with Gasteiger partial charge in [0.25, 0.3) is 10.0 Å². The maximum Gasteiger partial charge on any atom is 0.416 e. The summed E-state index contributed by atoms with van der Waals surface area (Å²) in [5, 5.41) is 0. The molecule has 0 atom stereocenters. The first kappa shape index (κ1) is 20.9. The van der Waals surface area contributed by atoms with Crippen LogP contribution in [0.25, 0.3) is 0 Å². The molecular formula is C14H6F9NO2S. The Balaban J connectivity index is 2.60. The van der Waals surface area contributed by atoms with Crippen molar-refractivity contribution in [1.82, 2.24) is 0 Å². The number of benzene rings is 2. The van der Waals surface area contributed by atoms with Gasteiger partial charge in [0.1, 0.15) is 0 Å². The number of alkyl halides is 6. The Morgan fingerprint density at radius 1 is 0.741 bits per heavy atom. The molecule has 148 valence electrons. The Hall–Kier alpha value is -2.44. The molecule has 0 amide bonds. The molecule has 0 spiro atoms. The number of sulfonamides is 1. The van der Waals surface area contributed by atoms with Gasteiger partial charge < -0.3 is 0 Å². The normalized spacial score (nSPS) is 12.9. The summed E-state index contributed by atoms with van der Waals surface area (Å²) in [7, 11) is -5.21. The van der Waals surface area contributed by atoms with Crippen LogP contribution in [0.3, 0.4) is 0 Å². The quantitative estimate of drug-likeness (QED) is 0.562. The Bertz CT molecular complexity index is 949. The molecule has 0 unspecified atom stereocenters. The number of nitrogens with one attached hydrogen (secondary N) is 1. The van der Waals surface area contributed by atoms with Crippen molar-refractivity contribution in [1.29, 1.82) is 0 Å². The van der Waals surface area contributed by atoms with E-state index in [0.29, 0.717) is 12.1 Å². The minimum Gasteiger partial charge on any atom is -0.277 e. The zero-order chi connectivity index (χ0) is 20.8. The van der Waals surface area contributed by atoms with Gasteiger partial charge >= 0.3 is 12.4 Å². The molecule has 2 aromatic rings. The van der Waals surface area contributed by atoms with Crippen molar-refractivity contribution in [3.63, 3.8) is 0 Å². The van der Waals surface area contributed by atoms with Crippen LogP contribution in [0.15, 0.2) is 35.2 Å². The van der Waals surface area contributed by atoms with Gasteiger partial charge in [-0.2, -0.15) is 26.3 Å². The largest absolute Gasteiger partial charge is 0.416 e. The highest BCUT2D eigenvalue weighted by Gasteiger charge is 2.38. The number of hydrogen-bond donors (Lipinski definition) is 1. The predicted molar refractivity (Wildman–Crippen MR) is 73.6 cm³/mol. The molecule has 1 N–H and O–H groups in total. The van der Waals surface area contributed by atoms with Crippen LogP contribution in [0, 0.1) is 17.5 Å². The molecule has 0 aliphatic rings. The van der Waals surface area contributed by atoms with Gasteiger partial charge in [-0.15, -0.1) is 0 Å². The molecule has 0 bridgehead atoms. The molecular weight excluding hydrogens is 417 g/mol. The third-order valence-electron chi connectivity index (χ3n) is 3.15. The number of hydrogen-bond acceptors (Lipinski definition) is 2. The van der Waals surface area contributed by atoms with Gasteiger partial charge in [0.15, 0.2) is 17.5 Å². The van der Waals surface area contributed by atoms with Gasteiger partial charge in [0.2, 0.25) is 0 Å². The van der Waals surface area contributed by atoms with Crippen LogP contribution in [0.1, 0.15) is 11.1 Å². The third-order valence-corrected chi connectivity index (χ3v) is 4.50. The zero-order valence-electron chi connectivity index (χ0n) is 12.5. The maximum absolute atomic E-state index is 13.5. The van der Waals surface area contributed by atoms with Gasteiger partial charge in [0, 0.05) is 0 Å². The highest BCUT2D eigenvalue weighted by Crippen LogP contribution is 2.37. The molecule has 0 heterocycles. The average molecular weight is 423 g/mol. The van der Waals surface area contributed by atoms with Crippen molar-refractivity contribution < 1.29 is 47.9 Å². The molecule has 0 radical (unpaired) electrons. The van der Waals surface area contributed by atoms with Crippen molar-refractivity contribution in [2.75, 3.05) is 4.72 Å². The molecule has 0 aliphatic heterocycles. The van der Waals surface area contributed by atoms with Gasteiger partial charge in [-0.3, -0.25) is 4.72 Å². The van der Waals surface area contributed by atoms with E-state index in [1.165, 1.54) is 4.72 Å². The molecule has 0 saturated heterocycles. The summed E-state index contributed by atoms with van der Waals surface area (Å²) in [6, 6.07) is 0.176. The van der Waals surface area contributed by atoms with Crippen LogP contribution in [0.5, 0.6) is 0 Å². The van der Waals surface area contributed by atoms with Crippen LogP contribution in [-0.4, -0.2) is 8.42 Å². The first-order chi connectivity index (χ1) is 12.1. The summed E-state index contributed by atoms with van der Waals surface area (Å²) in [5.41, 5.74) is -5.06. The average Bonchev–Trinajstić information content (AvgIpc) is 2.53.